The largest absolute Gasteiger partial charge is 0.416 e. The summed E-state index contributed by atoms with van der Waals surface area (Å²) in [5, 5.41) is 0. The van der Waals surface area contributed by atoms with Crippen LogP contribution in [0.4, 0.5) is 13.2 Å². The molecule has 2 atom stereocenters. The van der Waals surface area contributed by atoms with Gasteiger partial charge in [-0.3, -0.25) is 0 Å². The van der Waals surface area contributed by atoms with Gasteiger partial charge in [0.05, 0.1) is 5.56 Å². The summed E-state index contributed by atoms with van der Waals surface area (Å²) in [6.07, 6.45) is 0.187. The van der Waals surface area contributed by atoms with Gasteiger partial charge in [-0.25, -0.2) is 0 Å². The zero-order valence-corrected chi connectivity index (χ0v) is 10.7. The minimum atomic E-state index is -4.25. The number of nitrogens with two attached hydrogens (primary N) is 1. The van der Waals surface area contributed by atoms with Crippen LogP contribution in [0.5, 0.6) is 0 Å². The molecule has 2 aliphatic rings. The van der Waals surface area contributed by atoms with Crippen LogP contribution in [0.25, 0.3) is 0 Å². The van der Waals surface area contributed by atoms with Gasteiger partial charge < -0.3 is 5.73 Å². The number of benzene rings is 1. The second-order valence-electron chi connectivity index (χ2n) is 6.24. The predicted octanol–water partition coefficient (Wildman–Crippen LogP) is 3.62. The van der Waals surface area contributed by atoms with Gasteiger partial charge in [0.1, 0.15) is 0 Å². The van der Waals surface area contributed by atoms with Gasteiger partial charge in [-0.05, 0) is 67.2 Å². The molecule has 0 radical (unpaired) electrons. The molecule has 19 heavy (non-hydrogen) atoms. The van der Waals surface area contributed by atoms with Crippen molar-refractivity contribution in [3.63, 3.8) is 0 Å². The van der Waals surface area contributed by atoms with E-state index in [-0.39, 0.29) is 5.41 Å². The Bertz CT molecular complexity index is 453. The topological polar surface area (TPSA) is 26.0 Å². The van der Waals surface area contributed by atoms with E-state index in [1.807, 2.05) is 0 Å². The van der Waals surface area contributed by atoms with Crippen LogP contribution in [0, 0.1) is 17.3 Å². The van der Waals surface area contributed by atoms with Crippen LogP contribution in [0.15, 0.2) is 24.3 Å². The summed E-state index contributed by atoms with van der Waals surface area (Å²) in [6.45, 7) is 0.640. The molecule has 0 aromatic heterocycles. The molecule has 1 nitrogen and oxygen atoms in total. The molecule has 1 aromatic carbocycles. The molecule has 104 valence electrons. The fourth-order valence-corrected chi connectivity index (χ4v) is 3.63. The van der Waals surface area contributed by atoms with Crippen molar-refractivity contribution < 1.29 is 13.2 Å². The summed E-state index contributed by atoms with van der Waals surface area (Å²) in [6, 6.07) is 5.55. The van der Waals surface area contributed by atoms with Gasteiger partial charge in [0.2, 0.25) is 0 Å². The number of hydrogen-bond acceptors (Lipinski definition) is 1. The summed E-state index contributed by atoms with van der Waals surface area (Å²) in [7, 11) is 0. The van der Waals surface area contributed by atoms with Gasteiger partial charge in [-0.2, -0.15) is 13.2 Å². The molecule has 2 aliphatic carbocycles. The van der Waals surface area contributed by atoms with Crippen molar-refractivity contribution in [3.8, 4) is 0 Å². The quantitative estimate of drug-likeness (QED) is 0.891. The Morgan fingerprint density at radius 1 is 1.11 bits per heavy atom. The highest BCUT2D eigenvalue weighted by Gasteiger charge is 2.52. The van der Waals surface area contributed by atoms with Crippen LogP contribution < -0.4 is 5.73 Å². The van der Waals surface area contributed by atoms with Crippen LogP contribution in [-0.4, -0.2) is 6.54 Å². The molecular formula is C15H18F3N. The van der Waals surface area contributed by atoms with Crippen LogP contribution >= 0.6 is 0 Å². The van der Waals surface area contributed by atoms with E-state index in [0.717, 1.165) is 36.7 Å². The number of rotatable bonds is 3. The van der Waals surface area contributed by atoms with Crippen molar-refractivity contribution in [2.24, 2.45) is 23.0 Å². The average molecular weight is 269 g/mol. The summed E-state index contributed by atoms with van der Waals surface area (Å²) >= 11 is 0. The zero-order chi connectivity index (χ0) is 13.7. The van der Waals surface area contributed by atoms with Crippen molar-refractivity contribution in [1.29, 1.82) is 0 Å². The van der Waals surface area contributed by atoms with Crippen molar-refractivity contribution in [2.45, 2.75) is 31.9 Å². The lowest BCUT2D eigenvalue weighted by Gasteiger charge is -2.29. The number of alkyl halides is 3. The minimum Gasteiger partial charge on any atom is -0.330 e. The molecule has 2 unspecified atom stereocenters. The third kappa shape index (κ3) is 2.50. The smallest absolute Gasteiger partial charge is 0.330 e. The summed E-state index contributed by atoms with van der Waals surface area (Å²) < 4.78 is 37.5. The molecule has 0 aliphatic heterocycles. The molecule has 3 rings (SSSR count). The lowest BCUT2D eigenvalue weighted by Crippen LogP contribution is -2.31. The molecule has 2 fully saturated rings. The van der Waals surface area contributed by atoms with Crippen LogP contribution in [0.2, 0.25) is 0 Å². The van der Waals surface area contributed by atoms with Crippen molar-refractivity contribution in [3.05, 3.63) is 35.4 Å². The lowest BCUT2D eigenvalue weighted by molar-refractivity contribution is -0.137. The molecule has 4 heteroatoms. The van der Waals surface area contributed by atoms with E-state index in [4.69, 9.17) is 5.73 Å². The first-order valence-corrected chi connectivity index (χ1v) is 6.78. The molecular weight excluding hydrogens is 251 g/mol. The lowest BCUT2D eigenvalue weighted by atomic mass is 9.77. The normalized spacial score (nSPS) is 33.3. The van der Waals surface area contributed by atoms with Gasteiger partial charge in [-0.1, -0.05) is 12.1 Å². The summed E-state index contributed by atoms with van der Waals surface area (Å²) in [4.78, 5) is 0. The number of hydrogen-bond donors (Lipinski definition) is 1. The molecule has 1 aromatic rings. The van der Waals surface area contributed by atoms with Crippen LogP contribution in [0.1, 0.15) is 30.4 Å². The maximum absolute atomic E-state index is 12.5. The third-order valence-corrected chi connectivity index (χ3v) is 4.75. The molecule has 2 saturated carbocycles. The highest BCUT2D eigenvalue weighted by atomic mass is 19.4. The Balaban J connectivity index is 1.73. The van der Waals surface area contributed by atoms with Gasteiger partial charge >= 0.3 is 6.18 Å². The predicted molar refractivity (Wildman–Crippen MR) is 67.5 cm³/mol. The maximum atomic E-state index is 12.5. The van der Waals surface area contributed by atoms with Gasteiger partial charge in [-0.15, -0.1) is 0 Å². The Hall–Kier alpha value is -1.03. The maximum Gasteiger partial charge on any atom is 0.416 e. The van der Waals surface area contributed by atoms with E-state index in [1.54, 1.807) is 12.1 Å². The van der Waals surface area contributed by atoms with E-state index >= 15 is 0 Å². The fourth-order valence-electron chi connectivity index (χ4n) is 3.63. The third-order valence-electron chi connectivity index (χ3n) is 4.75. The minimum absolute atomic E-state index is 0.132. The first kappa shape index (κ1) is 13.0. The average Bonchev–Trinajstić information content (AvgIpc) is 2.97. The Kier molecular flexibility index (Phi) is 2.89. The fraction of sp³-hybridized carbons (Fsp3) is 0.600. The zero-order valence-electron chi connectivity index (χ0n) is 10.7. The Morgan fingerprint density at radius 2 is 1.68 bits per heavy atom. The van der Waals surface area contributed by atoms with E-state index < -0.39 is 11.7 Å². The van der Waals surface area contributed by atoms with E-state index in [1.165, 1.54) is 18.6 Å². The first-order valence-electron chi connectivity index (χ1n) is 6.78. The van der Waals surface area contributed by atoms with Crippen LogP contribution in [0.3, 0.4) is 0 Å². The van der Waals surface area contributed by atoms with Gasteiger partial charge in [0.25, 0.3) is 0 Å². The van der Waals surface area contributed by atoms with E-state index in [0.29, 0.717) is 6.54 Å². The van der Waals surface area contributed by atoms with Crippen molar-refractivity contribution in [1.82, 2.24) is 0 Å². The molecule has 2 N–H and O–H groups in total. The van der Waals surface area contributed by atoms with E-state index in [2.05, 4.69) is 0 Å². The Morgan fingerprint density at radius 3 is 2.16 bits per heavy atom. The highest BCUT2D eigenvalue weighted by molar-refractivity contribution is 5.26. The number of fused-ring (bicyclic) bond motifs is 1. The highest BCUT2D eigenvalue weighted by Crippen LogP contribution is 2.60. The van der Waals surface area contributed by atoms with Crippen molar-refractivity contribution in [2.75, 3.05) is 6.54 Å². The molecule has 0 amide bonds. The monoisotopic (exact) mass is 269 g/mol. The summed E-state index contributed by atoms with van der Waals surface area (Å²) in [5.74, 6) is 1.66. The van der Waals surface area contributed by atoms with Gasteiger partial charge in [0, 0.05) is 0 Å². The Labute approximate surface area is 111 Å². The van der Waals surface area contributed by atoms with Gasteiger partial charge in [0.15, 0.2) is 0 Å². The molecule has 0 bridgehead atoms. The first-order chi connectivity index (χ1) is 8.92. The van der Waals surface area contributed by atoms with E-state index in [9.17, 15) is 13.2 Å². The second kappa shape index (κ2) is 4.23. The van der Waals surface area contributed by atoms with Crippen LogP contribution in [-0.2, 0) is 12.6 Å². The molecule has 0 heterocycles. The summed E-state index contributed by atoms with van der Waals surface area (Å²) in [5.41, 5.74) is 6.45. The van der Waals surface area contributed by atoms with Crippen molar-refractivity contribution >= 4 is 0 Å². The standard InChI is InChI=1S/C15H18F3N/c16-15(17,18)13-3-1-10(2-4-13)6-14(9-19)7-11-5-12(11)8-14/h1-4,11-12H,5-9,19H2. The second-order valence-corrected chi connectivity index (χ2v) is 6.24. The SMILES string of the molecule is NCC1(Cc2ccc(C(F)(F)F)cc2)CC2CC2C1. The molecule has 0 spiro atoms. The molecule has 0 saturated heterocycles. The number of halogens is 3.